The number of rotatable bonds is 20. The highest BCUT2D eigenvalue weighted by Gasteiger charge is 2.22. The third kappa shape index (κ3) is 12.8. The van der Waals surface area contributed by atoms with Gasteiger partial charge >= 0.3 is 7.60 Å². The predicted molar refractivity (Wildman–Crippen MR) is 135 cm³/mol. The molecule has 0 saturated heterocycles. The van der Waals surface area contributed by atoms with Gasteiger partial charge in [-0.25, -0.2) is 0 Å². The molecule has 0 bridgehead atoms. The maximum atomic E-state index is 12.3. The molecule has 0 saturated carbocycles. The van der Waals surface area contributed by atoms with Crippen LogP contribution in [0.3, 0.4) is 0 Å². The molecule has 0 unspecified atom stereocenters. The summed E-state index contributed by atoms with van der Waals surface area (Å²) in [5.74, 6) is 0. The van der Waals surface area contributed by atoms with Crippen LogP contribution in [0.25, 0.3) is 0 Å². The Labute approximate surface area is 204 Å². The third-order valence-electron chi connectivity index (χ3n) is 4.95. The van der Waals surface area contributed by atoms with Crippen molar-refractivity contribution >= 4 is 7.60 Å². The molecule has 0 aliphatic carbocycles. The van der Waals surface area contributed by atoms with Gasteiger partial charge < -0.3 is 23.3 Å². The van der Waals surface area contributed by atoms with E-state index >= 15 is 0 Å². The van der Waals surface area contributed by atoms with Crippen molar-refractivity contribution in [1.82, 2.24) is 4.90 Å². The maximum Gasteiger partial charge on any atom is 0.332 e. The molecule has 0 atom stereocenters. The minimum Gasteiger partial charge on any atom is -0.378 e. The van der Waals surface area contributed by atoms with Crippen molar-refractivity contribution in [3.8, 4) is 0 Å². The predicted octanol–water partition coefficient (Wildman–Crippen LogP) is 5.00. The van der Waals surface area contributed by atoms with Gasteiger partial charge in [0.25, 0.3) is 0 Å². The van der Waals surface area contributed by atoms with Crippen LogP contribution in [0.2, 0.25) is 0 Å². The first-order valence-corrected chi connectivity index (χ1v) is 13.8. The maximum absolute atomic E-state index is 12.3. The molecule has 7 nitrogen and oxygen atoms in total. The Morgan fingerprint density at radius 2 is 1.09 bits per heavy atom. The standard InChI is InChI=1S/C26H40NO6P/c1-3-32-34(28,33-4-2)22-21-31-20-19-30-18-17-29-16-15-27(23-25-11-7-5-8-12-25)24-26-13-9-6-10-14-26/h5-14H,3-4,15-24H2,1-2H3. The van der Waals surface area contributed by atoms with E-state index in [9.17, 15) is 4.57 Å². The van der Waals surface area contributed by atoms with E-state index in [2.05, 4.69) is 53.4 Å². The Bertz CT molecular complexity index is 741. The zero-order valence-electron chi connectivity index (χ0n) is 20.6. The molecule has 0 spiro atoms. The lowest BCUT2D eigenvalue weighted by Gasteiger charge is -2.22. The number of hydrogen-bond donors (Lipinski definition) is 0. The van der Waals surface area contributed by atoms with Crippen LogP contribution >= 0.6 is 7.60 Å². The fourth-order valence-corrected chi connectivity index (χ4v) is 4.84. The van der Waals surface area contributed by atoms with Crippen molar-refractivity contribution in [3.05, 3.63) is 71.8 Å². The second-order valence-electron chi connectivity index (χ2n) is 7.69. The van der Waals surface area contributed by atoms with Gasteiger partial charge in [0.15, 0.2) is 0 Å². The molecule has 34 heavy (non-hydrogen) atoms. The van der Waals surface area contributed by atoms with Crippen molar-refractivity contribution in [2.45, 2.75) is 26.9 Å². The SMILES string of the molecule is CCOP(=O)(CCOCCOCCOCCN(Cc1ccccc1)Cc1ccccc1)OCC. The van der Waals surface area contributed by atoms with Gasteiger partial charge in [-0.05, 0) is 25.0 Å². The molecule has 0 fully saturated rings. The number of benzene rings is 2. The number of nitrogens with zero attached hydrogens (tertiary/aromatic N) is 1. The Hall–Kier alpha value is -1.57. The quantitative estimate of drug-likeness (QED) is 0.190. The van der Waals surface area contributed by atoms with E-state index in [0.29, 0.717) is 52.9 Å². The first kappa shape index (κ1) is 28.7. The first-order chi connectivity index (χ1) is 16.6. The molecule has 0 heterocycles. The van der Waals surface area contributed by atoms with Crippen LogP contribution in [0.1, 0.15) is 25.0 Å². The Balaban J connectivity index is 1.56. The van der Waals surface area contributed by atoms with E-state index in [1.165, 1.54) is 11.1 Å². The van der Waals surface area contributed by atoms with Crippen LogP contribution in [0.4, 0.5) is 0 Å². The van der Waals surface area contributed by atoms with Crippen molar-refractivity contribution in [2.24, 2.45) is 0 Å². The molecule has 190 valence electrons. The molecule has 2 rings (SSSR count). The van der Waals surface area contributed by atoms with E-state index in [-0.39, 0.29) is 6.16 Å². The highest BCUT2D eigenvalue weighted by molar-refractivity contribution is 7.53. The van der Waals surface area contributed by atoms with Crippen molar-refractivity contribution < 1.29 is 27.8 Å². The summed E-state index contributed by atoms with van der Waals surface area (Å²) in [7, 11) is -3.04. The molecule has 2 aromatic carbocycles. The minimum absolute atomic E-state index is 0.250. The zero-order chi connectivity index (χ0) is 24.3. The van der Waals surface area contributed by atoms with Gasteiger partial charge in [-0.3, -0.25) is 9.46 Å². The Kier molecular flexibility index (Phi) is 15.0. The highest BCUT2D eigenvalue weighted by Crippen LogP contribution is 2.47. The molecule has 0 N–H and O–H groups in total. The molecule has 0 amide bonds. The van der Waals surface area contributed by atoms with E-state index < -0.39 is 7.60 Å². The summed E-state index contributed by atoms with van der Waals surface area (Å²) in [6.45, 7) is 9.81. The Morgan fingerprint density at radius 3 is 1.56 bits per heavy atom. The molecule has 0 aliphatic rings. The van der Waals surface area contributed by atoms with E-state index in [1.807, 2.05) is 12.1 Å². The molecule has 0 radical (unpaired) electrons. The minimum atomic E-state index is -3.04. The summed E-state index contributed by atoms with van der Waals surface area (Å²) in [5.41, 5.74) is 2.58. The largest absolute Gasteiger partial charge is 0.378 e. The van der Waals surface area contributed by atoms with Gasteiger partial charge in [0, 0.05) is 19.6 Å². The topological polar surface area (TPSA) is 66.5 Å². The van der Waals surface area contributed by atoms with Crippen molar-refractivity contribution in [1.29, 1.82) is 0 Å². The lowest BCUT2D eigenvalue weighted by Crippen LogP contribution is -2.27. The number of hydrogen-bond acceptors (Lipinski definition) is 7. The van der Waals surface area contributed by atoms with Gasteiger partial charge in [0.1, 0.15) is 0 Å². The summed E-state index contributed by atoms with van der Waals surface area (Å²) in [4.78, 5) is 2.39. The smallest absolute Gasteiger partial charge is 0.332 e. The van der Waals surface area contributed by atoms with Gasteiger partial charge in [0.05, 0.1) is 59.0 Å². The summed E-state index contributed by atoms with van der Waals surface area (Å²) >= 11 is 0. The third-order valence-corrected chi connectivity index (χ3v) is 6.99. The van der Waals surface area contributed by atoms with E-state index in [0.717, 1.165) is 19.6 Å². The zero-order valence-corrected chi connectivity index (χ0v) is 21.5. The van der Waals surface area contributed by atoms with Crippen LogP contribution in [0, 0.1) is 0 Å². The van der Waals surface area contributed by atoms with Gasteiger partial charge in [-0.2, -0.15) is 0 Å². The second kappa shape index (κ2) is 17.8. The molecular formula is C26H40NO6P. The van der Waals surface area contributed by atoms with Crippen LogP contribution in [-0.2, 0) is 40.9 Å². The highest BCUT2D eigenvalue weighted by atomic mass is 31.2. The van der Waals surface area contributed by atoms with Crippen LogP contribution in [0.15, 0.2) is 60.7 Å². The summed E-state index contributed by atoms with van der Waals surface area (Å²) < 4.78 is 39.6. The average Bonchev–Trinajstić information content (AvgIpc) is 2.84. The van der Waals surface area contributed by atoms with Crippen molar-refractivity contribution in [2.75, 3.05) is 65.6 Å². The number of ether oxygens (including phenoxy) is 3. The van der Waals surface area contributed by atoms with Crippen LogP contribution < -0.4 is 0 Å². The fourth-order valence-electron chi connectivity index (χ4n) is 3.37. The Morgan fingerprint density at radius 1 is 0.647 bits per heavy atom. The normalized spacial score (nSPS) is 11.9. The van der Waals surface area contributed by atoms with Crippen LogP contribution in [0.5, 0.6) is 0 Å². The second-order valence-corrected chi connectivity index (χ2v) is 9.87. The van der Waals surface area contributed by atoms with E-state index in [1.54, 1.807) is 13.8 Å². The summed E-state index contributed by atoms with van der Waals surface area (Å²) in [6, 6.07) is 21.0. The molecule has 8 heteroatoms. The monoisotopic (exact) mass is 493 g/mol. The lowest BCUT2D eigenvalue weighted by molar-refractivity contribution is 0.0116. The first-order valence-electron chi connectivity index (χ1n) is 12.1. The summed E-state index contributed by atoms with van der Waals surface area (Å²) in [5, 5.41) is 0. The van der Waals surface area contributed by atoms with E-state index in [4.69, 9.17) is 23.3 Å². The summed E-state index contributed by atoms with van der Waals surface area (Å²) in [6.07, 6.45) is 0.250. The lowest BCUT2D eigenvalue weighted by atomic mass is 10.1. The van der Waals surface area contributed by atoms with Crippen molar-refractivity contribution in [3.63, 3.8) is 0 Å². The fraction of sp³-hybridized carbons (Fsp3) is 0.538. The molecule has 2 aromatic rings. The van der Waals surface area contributed by atoms with Gasteiger partial charge in [-0.15, -0.1) is 0 Å². The van der Waals surface area contributed by atoms with Crippen LogP contribution in [-0.4, -0.2) is 70.5 Å². The molecular weight excluding hydrogens is 453 g/mol. The molecule has 0 aromatic heterocycles. The van der Waals surface area contributed by atoms with Gasteiger partial charge in [-0.1, -0.05) is 60.7 Å². The molecule has 0 aliphatic heterocycles. The average molecular weight is 494 g/mol. The van der Waals surface area contributed by atoms with Gasteiger partial charge in [0.2, 0.25) is 0 Å².